The Hall–Kier alpha value is -2.39. The minimum Gasteiger partial charge on any atom is -0.493 e. The molecule has 1 heterocycles. The van der Waals surface area contributed by atoms with Gasteiger partial charge >= 0.3 is 0 Å². The standard InChI is InChI=1S/C21H24N2O/c1-17(15-18-7-3-2-4-8-18)22-13-6-14-24-20-11-10-19-9-5-12-23-21(19)16-20/h2-5,7-12,16-17,22H,6,13-15H2,1H3. The summed E-state index contributed by atoms with van der Waals surface area (Å²) >= 11 is 0. The maximum Gasteiger partial charge on any atom is 0.121 e. The second-order valence-electron chi connectivity index (χ2n) is 6.10. The second-order valence-corrected chi connectivity index (χ2v) is 6.10. The van der Waals surface area contributed by atoms with Crippen LogP contribution in [0, 0.1) is 0 Å². The van der Waals surface area contributed by atoms with E-state index >= 15 is 0 Å². The maximum absolute atomic E-state index is 5.83. The lowest BCUT2D eigenvalue weighted by atomic mass is 10.1. The number of hydrogen-bond donors (Lipinski definition) is 1. The van der Waals surface area contributed by atoms with Crippen LogP contribution >= 0.6 is 0 Å². The monoisotopic (exact) mass is 320 g/mol. The van der Waals surface area contributed by atoms with E-state index in [1.807, 2.05) is 24.4 Å². The van der Waals surface area contributed by atoms with E-state index in [4.69, 9.17) is 4.74 Å². The quantitative estimate of drug-likeness (QED) is 0.631. The van der Waals surface area contributed by atoms with E-state index < -0.39 is 0 Å². The van der Waals surface area contributed by atoms with E-state index in [1.54, 1.807) is 0 Å². The highest BCUT2D eigenvalue weighted by Gasteiger charge is 2.02. The first-order valence-corrected chi connectivity index (χ1v) is 8.56. The minimum absolute atomic E-state index is 0.470. The van der Waals surface area contributed by atoms with Gasteiger partial charge < -0.3 is 10.1 Å². The van der Waals surface area contributed by atoms with Crippen LogP contribution in [0.3, 0.4) is 0 Å². The van der Waals surface area contributed by atoms with E-state index in [2.05, 4.69) is 59.7 Å². The van der Waals surface area contributed by atoms with Crippen LogP contribution in [0.25, 0.3) is 10.9 Å². The number of nitrogens with one attached hydrogen (secondary N) is 1. The largest absolute Gasteiger partial charge is 0.493 e. The topological polar surface area (TPSA) is 34.1 Å². The molecule has 0 spiro atoms. The predicted octanol–water partition coefficient (Wildman–Crippen LogP) is 4.22. The number of pyridine rings is 1. The van der Waals surface area contributed by atoms with Crippen LogP contribution in [0.2, 0.25) is 0 Å². The molecule has 1 N–H and O–H groups in total. The summed E-state index contributed by atoms with van der Waals surface area (Å²) in [5.41, 5.74) is 2.35. The molecule has 0 radical (unpaired) electrons. The molecule has 0 bridgehead atoms. The van der Waals surface area contributed by atoms with Gasteiger partial charge in [-0.15, -0.1) is 0 Å². The highest BCUT2D eigenvalue weighted by Crippen LogP contribution is 2.18. The molecule has 1 atom stereocenters. The Morgan fingerprint density at radius 1 is 1.04 bits per heavy atom. The van der Waals surface area contributed by atoms with Crippen molar-refractivity contribution in [2.24, 2.45) is 0 Å². The zero-order chi connectivity index (χ0) is 16.6. The summed E-state index contributed by atoms with van der Waals surface area (Å²) in [5, 5.41) is 4.69. The third-order valence-corrected chi connectivity index (χ3v) is 4.04. The fraction of sp³-hybridized carbons (Fsp3) is 0.286. The number of aromatic nitrogens is 1. The SMILES string of the molecule is CC(Cc1ccccc1)NCCCOc1ccc2cccnc2c1. The first-order chi connectivity index (χ1) is 11.8. The third kappa shape index (κ3) is 4.80. The van der Waals surface area contributed by atoms with E-state index in [0.717, 1.165) is 36.0 Å². The van der Waals surface area contributed by atoms with Crippen LogP contribution in [-0.4, -0.2) is 24.2 Å². The molecule has 24 heavy (non-hydrogen) atoms. The van der Waals surface area contributed by atoms with Crippen LogP contribution in [0.1, 0.15) is 18.9 Å². The molecule has 0 saturated carbocycles. The van der Waals surface area contributed by atoms with Crippen molar-refractivity contribution in [3.05, 3.63) is 72.4 Å². The second kappa shape index (κ2) is 8.46. The van der Waals surface area contributed by atoms with Crippen LogP contribution < -0.4 is 10.1 Å². The lowest BCUT2D eigenvalue weighted by Crippen LogP contribution is -2.29. The number of ether oxygens (including phenoxy) is 1. The number of nitrogens with zero attached hydrogens (tertiary/aromatic N) is 1. The summed E-state index contributed by atoms with van der Waals surface area (Å²) in [6.45, 7) is 3.89. The average molecular weight is 320 g/mol. The van der Waals surface area contributed by atoms with Crippen molar-refractivity contribution in [1.29, 1.82) is 0 Å². The number of rotatable bonds is 8. The summed E-state index contributed by atoms with van der Waals surface area (Å²) in [6, 6.07) is 21.1. The molecular weight excluding hydrogens is 296 g/mol. The van der Waals surface area contributed by atoms with E-state index in [0.29, 0.717) is 12.6 Å². The molecule has 3 aromatic rings. The summed E-state index contributed by atoms with van der Waals surface area (Å²) < 4.78 is 5.83. The number of fused-ring (bicyclic) bond motifs is 1. The molecule has 1 unspecified atom stereocenters. The third-order valence-electron chi connectivity index (χ3n) is 4.04. The zero-order valence-electron chi connectivity index (χ0n) is 14.1. The van der Waals surface area contributed by atoms with Gasteiger partial charge in [0.1, 0.15) is 5.75 Å². The van der Waals surface area contributed by atoms with Crippen molar-refractivity contribution in [3.8, 4) is 5.75 Å². The first kappa shape index (κ1) is 16.5. The minimum atomic E-state index is 0.470. The molecule has 0 amide bonds. The lowest BCUT2D eigenvalue weighted by molar-refractivity contribution is 0.305. The van der Waals surface area contributed by atoms with Crippen molar-refractivity contribution in [2.45, 2.75) is 25.8 Å². The van der Waals surface area contributed by atoms with Gasteiger partial charge in [0.05, 0.1) is 12.1 Å². The van der Waals surface area contributed by atoms with E-state index in [1.165, 1.54) is 5.56 Å². The molecule has 2 aromatic carbocycles. The summed E-state index contributed by atoms with van der Waals surface area (Å²) in [7, 11) is 0. The van der Waals surface area contributed by atoms with Crippen LogP contribution in [-0.2, 0) is 6.42 Å². The Morgan fingerprint density at radius 3 is 2.79 bits per heavy atom. The van der Waals surface area contributed by atoms with Gasteiger partial charge in [-0.25, -0.2) is 0 Å². The van der Waals surface area contributed by atoms with Crippen molar-refractivity contribution >= 4 is 10.9 Å². The highest BCUT2D eigenvalue weighted by molar-refractivity contribution is 5.79. The fourth-order valence-electron chi connectivity index (χ4n) is 2.79. The van der Waals surface area contributed by atoms with E-state index in [9.17, 15) is 0 Å². The molecule has 0 fully saturated rings. The van der Waals surface area contributed by atoms with Crippen LogP contribution in [0.15, 0.2) is 66.9 Å². The van der Waals surface area contributed by atoms with E-state index in [-0.39, 0.29) is 0 Å². The maximum atomic E-state index is 5.83. The van der Waals surface area contributed by atoms with Crippen molar-refractivity contribution < 1.29 is 4.74 Å². The van der Waals surface area contributed by atoms with Crippen LogP contribution in [0.4, 0.5) is 0 Å². The molecule has 0 aliphatic rings. The van der Waals surface area contributed by atoms with Crippen molar-refractivity contribution in [2.75, 3.05) is 13.2 Å². The van der Waals surface area contributed by atoms with Gasteiger partial charge in [0, 0.05) is 23.7 Å². The molecule has 3 heteroatoms. The van der Waals surface area contributed by atoms with Gasteiger partial charge in [-0.2, -0.15) is 0 Å². The van der Waals surface area contributed by atoms with Gasteiger partial charge in [0.15, 0.2) is 0 Å². The Labute approximate surface area is 143 Å². The smallest absolute Gasteiger partial charge is 0.121 e. The van der Waals surface area contributed by atoms with Gasteiger partial charge in [-0.1, -0.05) is 36.4 Å². The summed E-state index contributed by atoms with van der Waals surface area (Å²) in [6.07, 6.45) is 3.85. The van der Waals surface area contributed by atoms with Gasteiger partial charge in [-0.3, -0.25) is 4.98 Å². The summed E-state index contributed by atoms with van der Waals surface area (Å²) in [4.78, 5) is 4.36. The van der Waals surface area contributed by atoms with Gasteiger partial charge in [0.2, 0.25) is 0 Å². The molecular formula is C21H24N2O. The Morgan fingerprint density at radius 2 is 1.92 bits per heavy atom. The lowest BCUT2D eigenvalue weighted by Gasteiger charge is -2.14. The Kier molecular flexibility index (Phi) is 5.80. The Balaban J connectivity index is 1.37. The molecule has 0 saturated heterocycles. The van der Waals surface area contributed by atoms with Crippen LogP contribution in [0.5, 0.6) is 5.75 Å². The summed E-state index contributed by atoms with van der Waals surface area (Å²) in [5.74, 6) is 0.888. The molecule has 1 aromatic heterocycles. The first-order valence-electron chi connectivity index (χ1n) is 8.56. The highest BCUT2D eigenvalue weighted by atomic mass is 16.5. The fourth-order valence-corrected chi connectivity index (χ4v) is 2.79. The number of hydrogen-bond acceptors (Lipinski definition) is 3. The van der Waals surface area contributed by atoms with Crippen molar-refractivity contribution in [3.63, 3.8) is 0 Å². The molecule has 0 aliphatic carbocycles. The predicted molar refractivity (Wildman–Crippen MR) is 99.5 cm³/mol. The number of benzene rings is 2. The molecule has 0 aliphatic heterocycles. The van der Waals surface area contributed by atoms with Gasteiger partial charge in [0.25, 0.3) is 0 Å². The molecule has 3 nitrogen and oxygen atoms in total. The average Bonchev–Trinajstić information content (AvgIpc) is 2.62. The normalized spacial score (nSPS) is 12.2. The molecule has 124 valence electrons. The van der Waals surface area contributed by atoms with Gasteiger partial charge in [-0.05, 0) is 50.1 Å². The van der Waals surface area contributed by atoms with Crippen molar-refractivity contribution in [1.82, 2.24) is 10.3 Å². The zero-order valence-corrected chi connectivity index (χ0v) is 14.1. The Bertz CT molecular complexity index is 758. The molecule has 3 rings (SSSR count).